The van der Waals surface area contributed by atoms with Gasteiger partial charge in [-0.15, -0.1) is 0 Å². The first kappa shape index (κ1) is 19.4. The van der Waals surface area contributed by atoms with E-state index in [9.17, 15) is 4.79 Å². The van der Waals surface area contributed by atoms with Crippen molar-refractivity contribution in [2.75, 3.05) is 27.2 Å². The number of nitrogens with zero attached hydrogens (tertiary/aromatic N) is 2. The van der Waals surface area contributed by atoms with Crippen molar-refractivity contribution in [2.24, 2.45) is 0 Å². The Labute approximate surface area is 162 Å². The predicted octanol–water partition coefficient (Wildman–Crippen LogP) is 4.13. The van der Waals surface area contributed by atoms with E-state index >= 15 is 0 Å². The lowest BCUT2D eigenvalue weighted by molar-refractivity contribution is 0.0730. The molecule has 0 heterocycles. The number of aryl methyl sites for hydroxylation is 1. The molecular weight excluding hydrogens is 336 g/mol. The van der Waals surface area contributed by atoms with E-state index in [0.29, 0.717) is 12.6 Å². The highest BCUT2D eigenvalue weighted by atomic mass is 16.5. The van der Waals surface area contributed by atoms with Crippen LogP contribution >= 0.6 is 0 Å². The summed E-state index contributed by atoms with van der Waals surface area (Å²) in [6, 6.07) is 16.4. The van der Waals surface area contributed by atoms with Gasteiger partial charge in [-0.3, -0.25) is 4.79 Å². The molecule has 2 aromatic rings. The van der Waals surface area contributed by atoms with E-state index in [1.165, 1.54) is 5.56 Å². The fourth-order valence-corrected chi connectivity index (χ4v) is 3.07. The Kier molecular flexibility index (Phi) is 6.51. The third kappa shape index (κ3) is 5.83. The number of rotatable bonds is 9. The molecule has 144 valence electrons. The van der Waals surface area contributed by atoms with E-state index in [-0.39, 0.29) is 5.91 Å². The highest BCUT2D eigenvalue weighted by molar-refractivity contribution is 5.94. The van der Waals surface area contributed by atoms with Crippen LogP contribution in [0.2, 0.25) is 0 Å². The third-order valence-corrected chi connectivity index (χ3v) is 4.84. The van der Waals surface area contributed by atoms with Gasteiger partial charge < -0.3 is 14.5 Å². The minimum atomic E-state index is 0.126. The van der Waals surface area contributed by atoms with Crippen molar-refractivity contribution in [1.29, 1.82) is 0 Å². The Hall–Kier alpha value is -2.33. The van der Waals surface area contributed by atoms with Crippen molar-refractivity contribution in [3.05, 3.63) is 65.2 Å². The quantitative estimate of drug-likeness (QED) is 0.626. The summed E-state index contributed by atoms with van der Waals surface area (Å²) in [6.45, 7) is 4.43. The normalized spacial score (nSPS) is 13.6. The van der Waals surface area contributed by atoms with E-state index in [1.54, 1.807) is 0 Å². The van der Waals surface area contributed by atoms with Gasteiger partial charge in [0.1, 0.15) is 5.75 Å². The smallest absolute Gasteiger partial charge is 0.254 e. The molecule has 4 nitrogen and oxygen atoms in total. The van der Waals surface area contributed by atoms with Crippen LogP contribution in [0.25, 0.3) is 0 Å². The maximum absolute atomic E-state index is 12.9. The van der Waals surface area contributed by atoms with Gasteiger partial charge in [0, 0.05) is 24.7 Å². The number of hydrogen-bond acceptors (Lipinski definition) is 3. The summed E-state index contributed by atoms with van der Waals surface area (Å²) in [6.07, 6.45) is 3.21. The molecule has 0 aromatic heterocycles. The van der Waals surface area contributed by atoms with Crippen LogP contribution in [0, 0.1) is 6.92 Å². The molecule has 2 aromatic carbocycles. The van der Waals surface area contributed by atoms with Gasteiger partial charge in [-0.1, -0.05) is 29.8 Å². The zero-order chi connectivity index (χ0) is 19.2. The Balaban J connectivity index is 1.58. The summed E-state index contributed by atoms with van der Waals surface area (Å²) in [5.74, 6) is 1.02. The fraction of sp³-hybridized carbons (Fsp3) is 0.435. The highest BCUT2D eigenvalue weighted by Gasteiger charge is 2.33. The first-order valence-corrected chi connectivity index (χ1v) is 9.77. The van der Waals surface area contributed by atoms with E-state index in [4.69, 9.17) is 4.74 Å². The lowest BCUT2D eigenvalue weighted by atomic mass is 10.1. The van der Waals surface area contributed by atoms with Gasteiger partial charge >= 0.3 is 0 Å². The SMILES string of the molecule is Cc1ccc(C(=O)N(Cc2ccc(OCCCN(C)C)cc2)C2CC2)cc1. The summed E-state index contributed by atoms with van der Waals surface area (Å²) >= 11 is 0. The number of hydrogen-bond donors (Lipinski definition) is 0. The molecule has 1 aliphatic rings. The Bertz CT molecular complexity index is 734. The zero-order valence-corrected chi connectivity index (χ0v) is 16.6. The molecule has 0 unspecified atom stereocenters. The van der Waals surface area contributed by atoms with Crippen LogP contribution in [-0.4, -0.2) is 49.0 Å². The molecule has 4 heteroatoms. The van der Waals surface area contributed by atoms with Crippen molar-refractivity contribution >= 4 is 5.91 Å². The van der Waals surface area contributed by atoms with Crippen LogP contribution in [0.15, 0.2) is 48.5 Å². The first-order valence-electron chi connectivity index (χ1n) is 9.77. The molecule has 0 bridgehead atoms. The van der Waals surface area contributed by atoms with E-state index in [2.05, 4.69) is 31.1 Å². The average Bonchev–Trinajstić information content (AvgIpc) is 3.49. The molecule has 0 saturated heterocycles. The van der Waals surface area contributed by atoms with Gasteiger partial charge in [0.15, 0.2) is 0 Å². The Morgan fingerprint density at radius 2 is 1.70 bits per heavy atom. The molecule has 0 atom stereocenters. The van der Waals surface area contributed by atoms with Crippen LogP contribution in [0.3, 0.4) is 0 Å². The van der Waals surface area contributed by atoms with Crippen molar-refractivity contribution < 1.29 is 9.53 Å². The third-order valence-electron chi connectivity index (χ3n) is 4.84. The number of carbonyl (C=O) groups is 1. The van der Waals surface area contributed by atoms with Crippen molar-refractivity contribution in [1.82, 2.24) is 9.80 Å². The average molecular weight is 367 g/mol. The number of carbonyl (C=O) groups excluding carboxylic acids is 1. The highest BCUT2D eigenvalue weighted by Crippen LogP contribution is 2.30. The second-order valence-electron chi connectivity index (χ2n) is 7.68. The lowest BCUT2D eigenvalue weighted by Gasteiger charge is -2.23. The molecule has 1 amide bonds. The summed E-state index contributed by atoms with van der Waals surface area (Å²) in [5, 5.41) is 0. The zero-order valence-electron chi connectivity index (χ0n) is 16.6. The van der Waals surface area contributed by atoms with Gasteiger partial charge in [0.2, 0.25) is 0 Å². The van der Waals surface area contributed by atoms with Crippen LogP contribution in [0.4, 0.5) is 0 Å². The molecule has 3 rings (SSSR count). The lowest BCUT2D eigenvalue weighted by Crippen LogP contribution is -2.32. The van der Waals surface area contributed by atoms with Gasteiger partial charge in [0.25, 0.3) is 5.91 Å². The minimum Gasteiger partial charge on any atom is -0.494 e. The number of benzene rings is 2. The van der Waals surface area contributed by atoms with E-state index in [0.717, 1.165) is 49.3 Å². The summed E-state index contributed by atoms with van der Waals surface area (Å²) < 4.78 is 5.80. The van der Waals surface area contributed by atoms with Crippen molar-refractivity contribution in [2.45, 2.75) is 38.8 Å². The standard InChI is InChI=1S/C23H30N2O2/c1-18-5-9-20(10-6-18)23(26)25(21-11-12-21)17-19-7-13-22(14-8-19)27-16-4-15-24(2)3/h5-10,13-14,21H,4,11-12,15-17H2,1-3H3. The summed E-state index contributed by atoms with van der Waals surface area (Å²) in [4.78, 5) is 17.1. The molecule has 0 aliphatic heterocycles. The first-order chi connectivity index (χ1) is 13.0. The van der Waals surface area contributed by atoms with E-state index in [1.807, 2.05) is 48.2 Å². The summed E-state index contributed by atoms with van der Waals surface area (Å²) in [7, 11) is 4.14. The van der Waals surface area contributed by atoms with Crippen molar-refractivity contribution in [3.63, 3.8) is 0 Å². The Morgan fingerprint density at radius 3 is 2.30 bits per heavy atom. The molecule has 0 radical (unpaired) electrons. The molecule has 27 heavy (non-hydrogen) atoms. The van der Waals surface area contributed by atoms with Gasteiger partial charge in [-0.05, 0) is 70.1 Å². The summed E-state index contributed by atoms with van der Waals surface area (Å²) in [5.41, 5.74) is 3.09. The van der Waals surface area contributed by atoms with Gasteiger partial charge in [-0.25, -0.2) is 0 Å². The second kappa shape index (κ2) is 9.05. The predicted molar refractivity (Wildman–Crippen MR) is 109 cm³/mol. The van der Waals surface area contributed by atoms with Crippen LogP contribution in [-0.2, 0) is 6.54 Å². The molecule has 0 N–H and O–H groups in total. The van der Waals surface area contributed by atoms with Gasteiger partial charge in [-0.2, -0.15) is 0 Å². The molecule has 0 spiro atoms. The van der Waals surface area contributed by atoms with Crippen LogP contribution in [0.5, 0.6) is 5.75 Å². The topological polar surface area (TPSA) is 32.8 Å². The maximum atomic E-state index is 12.9. The van der Waals surface area contributed by atoms with Crippen LogP contribution in [0.1, 0.15) is 40.7 Å². The molecule has 1 saturated carbocycles. The van der Waals surface area contributed by atoms with Crippen molar-refractivity contribution in [3.8, 4) is 5.75 Å². The fourth-order valence-electron chi connectivity index (χ4n) is 3.07. The minimum absolute atomic E-state index is 0.126. The van der Waals surface area contributed by atoms with E-state index < -0.39 is 0 Å². The van der Waals surface area contributed by atoms with Gasteiger partial charge in [0.05, 0.1) is 6.61 Å². The maximum Gasteiger partial charge on any atom is 0.254 e. The molecular formula is C23H30N2O2. The van der Waals surface area contributed by atoms with Crippen LogP contribution < -0.4 is 4.74 Å². The second-order valence-corrected chi connectivity index (χ2v) is 7.68. The Morgan fingerprint density at radius 1 is 1.04 bits per heavy atom. The monoisotopic (exact) mass is 366 g/mol. The molecule has 1 aliphatic carbocycles. The number of amides is 1. The molecule has 1 fully saturated rings. The largest absolute Gasteiger partial charge is 0.494 e. The number of ether oxygens (including phenoxy) is 1.